The molecule has 2 heteroatoms. The molecule has 3 fully saturated rings. The number of nitrogens with zero attached hydrogens (tertiary/aromatic N) is 1. The Morgan fingerprint density at radius 1 is 1.18 bits per heavy atom. The molecule has 4 unspecified atom stereocenters. The summed E-state index contributed by atoms with van der Waals surface area (Å²) in [5.41, 5.74) is 1.10. The van der Waals surface area contributed by atoms with Gasteiger partial charge in [0.2, 0.25) is 0 Å². The molecule has 2 aromatic rings. The number of hydrogen-bond acceptors (Lipinski definition) is 2. The van der Waals surface area contributed by atoms with Crippen LogP contribution < -0.4 is 0 Å². The Labute approximate surface area is 132 Å². The molecule has 3 aliphatic heterocycles. The van der Waals surface area contributed by atoms with Gasteiger partial charge >= 0.3 is 0 Å². The minimum atomic E-state index is -0.369. The van der Waals surface area contributed by atoms with Crippen LogP contribution in [0.4, 0.5) is 0 Å². The zero-order valence-corrected chi connectivity index (χ0v) is 13.3. The second-order valence-corrected chi connectivity index (χ2v) is 7.03. The summed E-state index contributed by atoms with van der Waals surface area (Å²) in [4.78, 5) is 2.54. The van der Waals surface area contributed by atoms with Crippen LogP contribution in [0, 0.1) is 11.8 Å². The average molecular weight is 295 g/mol. The van der Waals surface area contributed by atoms with E-state index in [1.165, 1.54) is 30.2 Å². The van der Waals surface area contributed by atoms with Crippen LogP contribution in [0.15, 0.2) is 42.5 Å². The lowest BCUT2D eigenvalue weighted by Crippen LogP contribution is -2.55. The van der Waals surface area contributed by atoms with Gasteiger partial charge in [0, 0.05) is 12.6 Å². The quantitative estimate of drug-likeness (QED) is 0.925. The Morgan fingerprint density at radius 2 is 2.00 bits per heavy atom. The van der Waals surface area contributed by atoms with Gasteiger partial charge in [-0.3, -0.25) is 4.90 Å². The van der Waals surface area contributed by atoms with Crippen LogP contribution in [0.3, 0.4) is 0 Å². The molecule has 0 spiro atoms. The first-order valence-corrected chi connectivity index (χ1v) is 8.67. The summed E-state index contributed by atoms with van der Waals surface area (Å²) in [5.74, 6) is 1.65. The first-order chi connectivity index (χ1) is 10.8. The molecule has 116 valence electrons. The molecule has 0 aliphatic carbocycles. The average Bonchev–Trinajstić information content (AvgIpc) is 2.60. The predicted molar refractivity (Wildman–Crippen MR) is 90.8 cm³/mol. The first-order valence-electron chi connectivity index (χ1n) is 8.67. The van der Waals surface area contributed by atoms with Crippen LogP contribution in [0.2, 0.25) is 0 Å². The minimum absolute atomic E-state index is 0.298. The topological polar surface area (TPSA) is 23.5 Å². The maximum absolute atomic E-state index is 11.1. The number of rotatable bonds is 3. The molecule has 0 aromatic heterocycles. The van der Waals surface area contributed by atoms with Crippen molar-refractivity contribution in [2.75, 3.05) is 13.1 Å². The van der Waals surface area contributed by atoms with Crippen molar-refractivity contribution in [3.8, 4) is 0 Å². The maximum Gasteiger partial charge on any atom is 0.0951 e. The largest absolute Gasteiger partial charge is 0.387 e. The summed E-state index contributed by atoms with van der Waals surface area (Å²) in [7, 11) is 0. The molecule has 2 aromatic carbocycles. The van der Waals surface area contributed by atoms with E-state index < -0.39 is 0 Å². The SMILES string of the molecule is CCC1CN2CCC1C[C@@H]2C(O)c1cccc2ccccc12. The van der Waals surface area contributed by atoms with Gasteiger partial charge in [-0.2, -0.15) is 0 Å². The Balaban J connectivity index is 1.66. The van der Waals surface area contributed by atoms with E-state index in [1.807, 2.05) is 0 Å². The van der Waals surface area contributed by atoms with Crippen LogP contribution in [-0.4, -0.2) is 29.1 Å². The Kier molecular flexibility index (Phi) is 3.67. The Bertz CT molecular complexity index is 662. The van der Waals surface area contributed by atoms with E-state index >= 15 is 0 Å². The van der Waals surface area contributed by atoms with Gasteiger partial charge in [0.05, 0.1) is 6.10 Å². The molecule has 3 aliphatic rings. The molecule has 3 heterocycles. The summed E-state index contributed by atoms with van der Waals surface area (Å²) in [6.07, 6.45) is 3.38. The number of aliphatic hydroxyl groups excluding tert-OH is 1. The van der Waals surface area contributed by atoms with Gasteiger partial charge in [-0.25, -0.2) is 0 Å². The van der Waals surface area contributed by atoms with Crippen LogP contribution >= 0.6 is 0 Å². The van der Waals surface area contributed by atoms with Gasteiger partial charge in [-0.1, -0.05) is 55.8 Å². The molecular formula is C20H25NO. The molecule has 0 saturated carbocycles. The molecule has 3 saturated heterocycles. The highest BCUT2D eigenvalue weighted by molar-refractivity contribution is 5.86. The molecule has 0 amide bonds. The van der Waals surface area contributed by atoms with Crippen molar-refractivity contribution in [1.29, 1.82) is 0 Å². The van der Waals surface area contributed by atoms with Crippen molar-refractivity contribution in [2.45, 2.75) is 38.3 Å². The third-order valence-corrected chi connectivity index (χ3v) is 5.97. The van der Waals surface area contributed by atoms with Gasteiger partial charge in [0.1, 0.15) is 0 Å². The van der Waals surface area contributed by atoms with Crippen LogP contribution in [0.5, 0.6) is 0 Å². The molecule has 0 radical (unpaired) electrons. The highest BCUT2D eigenvalue weighted by Gasteiger charge is 2.42. The van der Waals surface area contributed by atoms with Gasteiger partial charge < -0.3 is 5.11 Å². The Hall–Kier alpha value is -1.38. The summed E-state index contributed by atoms with van der Waals surface area (Å²) in [6.45, 7) is 4.64. The number of fused-ring (bicyclic) bond motifs is 4. The zero-order chi connectivity index (χ0) is 15.1. The number of piperidine rings is 3. The van der Waals surface area contributed by atoms with E-state index in [2.05, 4.69) is 54.3 Å². The third kappa shape index (κ3) is 2.26. The van der Waals surface area contributed by atoms with E-state index in [-0.39, 0.29) is 6.10 Å². The van der Waals surface area contributed by atoms with Crippen molar-refractivity contribution >= 4 is 10.8 Å². The fourth-order valence-corrected chi connectivity index (χ4v) is 4.69. The lowest BCUT2D eigenvalue weighted by molar-refractivity contribution is -0.0562. The summed E-state index contributed by atoms with van der Waals surface area (Å²) >= 11 is 0. The standard InChI is InChI=1S/C20H25NO/c1-2-14-13-21-11-10-16(14)12-19(21)20(22)18-9-5-7-15-6-3-4-8-17(15)18/h3-9,14,16,19-20,22H,2,10-13H2,1H3/t14?,16?,19-,20?/m1/s1. The van der Waals surface area contributed by atoms with E-state index in [0.29, 0.717) is 6.04 Å². The van der Waals surface area contributed by atoms with E-state index in [1.54, 1.807) is 0 Å². The maximum atomic E-state index is 11.1. The van der Waals surface area contributed by atoms with Gasteiger partial charge in [-0.05, 0) is 47.6 Å². The van der Waals surface area contributed by atoms with Crippen molar-refractivity contribution in [2.24, 2.45) is 11.8 Å². The molecule has 22 heavy (non-hydrogen) atoms. The van der Waals surface area contributed by atoms with Gasteiger partial charge in [0.15, 0.2) is 0 Å². The smallest absolute Gasteiger partial charge is 0.0951 e. The normalized spacial score (nSPS) is 32.3. The molecule has 5 rings (SSSR count). The number of hydrogen-bond donors (Lipinski definition) is 1. The third-order valence-electron chi connectivity index (χ3n) is 5.97. The zero-order valence-electron chi connectivity index (χ0n) is 13.3. The van der Waals surface area contributed by atoms with Gasteiger partial charge in [0.25, 0.3) is 0 Å². The second kappa shape index (κ2) is 5.68. The highest BCUT2D eigenvalue weighted by atomic mass is 16.3. The highest BCUT2D eigenvalue weighted by Crippen LogP contribution is 2.42. The fraction of sp³-hybridized carbons (Fsp3) is 0.500. The molecule has 2 nitrogen and oxygen atoms in total. The lowest BCUT2D eigenvalue weighted by Gasteiger charge is -2.51. The monoisotopic (exact) mass is 295 g/mol. The van der Waals surface area contributed by atoms with Crippen LogP contribution in [-0.2, 0) is 0 Å². The number of aliphatic hydroxyl groups is 1. The van der Waals surface area contributed by atoms with Crippen molar-refractivity contribution in [1.82, 2.24) is 4.90 Å². The fourth-order valence-electron chi connectivity index (χ4n) is 4.69. The Morgan fingerprint density at radius 3 is 2.77 bits per heavy atom. The second-order valence-electron chi connectivity index (χ2n) is 7.03. The van der Waals surface area contributed by atoms with E-state index in [0.717, 1.165) is 30.4 Å². The number of benzene rings is 2. The van der Waals surface area contributed by atoms with Crippen molar-refractivity contribution < 1.29 is 5.11 Å². The van der Waals surface area contributed by atoms with Gasteiger partial charge in [-0.15, -0.1) is 0 Å². The predicted octanol–water partition coefficient (Wildman–Crippen LogP) is 3.99. The molecule has 1 N–H and O–H groups in total. The van der Waals surface area contributed by atoms with Crippen LogP contribution in [0.25, 0.3) is 10.8 Å². The molecular weight excluding hydrogens is 270 g/mol. The van der Waals surface area contributed by atoms with E-state index in [4.69, 9.17) is 0 Å². The molecule has 5 atom stereocenters. The lowest BCUT2D eigenvalue weighted by atomic mass is 9.72. The van der Waals surface area contributed by atoms with Crippen LogP contribution in [0.1, 0.15) is 37.9 Å². The van der Waals surface area contributed by atoms with Crippen molar-refractivity contribution in [3.05, 3.63) is 48.0 Å². The summed E-state index contributed by atoms with van der Waals surface area (Å²) < 4.78 is 0. The summed E-state index contributed by atoms with van der Waals surface area (Å²) in [5, 5.41) is 13.5. The van der Waals surface area contributed by atoms with Crippen molar-refractivity contribution in [3.63, 3.8) is 0 Å². The summed E-state index contributed by atoms with van der Waals surface area (Å²) in [6, 6.07) is 15.0. The molecule has 2 bridgehead atoms. The minimum Gasteiger partial charge on any atom is -0.387 e. The first kappa shape index (κ1) is 14.2. The van der Waals surface area contributed by atoms with E-state index in [9.17, 15) is 5.11 Å².